The number of anilines is 1. The first-order chi connectivity index (χ1) is 16.4. The molecule has 34 heavy (non-hydrogen) atoms. The molecule has 1 aliphatic rings. The van der Waals surface area contributed by atoms with Crippen LogP contribution < -0.4 is 5.32 Å². The second-order valence-corrected chi connectivity index (χ2v) is 10.1. The van der Waals surface area contributed by atoms with Gasteiger partial charge in [-0.2, -0.15) is 0 Å². The van der Waals surface area contributed by atoms with Crippen molar-refractivity contribution in [2.24, 2.45) is 0 Å². The summed E-state index contributed by atoms with van der Waals surface area (Å²) in [4.78, 5) is 36.8. The molecule has 2 aromatic heterocycles. The molecule has 0 aliphatic carbocycles. The summed E-state index contributed by atoms with van der Waals surface area (Å²) in [5.74, 6) is -0.313. The molecule has 4 rings (SSSR count). The lowest BCUT2D eigenvalue weighted by Gasteiger charge is -2.24. The molecule has 0 unspecified atom stereocenters. The molecule has 11 heteroatoms. The Balaban J connectivity index is 1.52. The van der Waals surface area contributed by atoms with Gasteiger partial charge in [0, 0.05) is 17.8 Å². The van der Waals surface area contributed by atoms with Crippen molar-refractivity contribution in [2.45, 2.75) is 51.5 Å². The fraction of sp³-hybridized carbons (Fsp3) is 0.391. The Morgan fingerprint density at radius 1 is 1.21 bits per heavy atom. The first-order valence-corrected chi connectivity index (χ1v) is 12.6. The smallest absolute Gasteiger partial charge is 0.410 e. The molecule has 3 heterocycles. The number of likely N-dealkylation sites (tertiary alicyclic amines) is 1. The first kappa shape index (κ1) is 24.3. The maximum Gasteiger partial charge on any atom is 0.410 e. The highest BCUT2D eigenvalue weighted by Gasteiger charge is 2.41. The number of aliphatic hydroxyl groups is 2. The molecular weight excluding hydrogens is 476 g/mol. The van der Waals surface area contributed by atoms with Gasteiger partial charge in [-0.25, -0.2) is 14.8 Å². The van der Waals surface area contributed by atoms with Gasteiger partial charge in [0.25, 0.3) is 0 Å². The van der Waals surface area contributed by atoms with Gasteiger partial charge in [0.2, 0.25) is 5.91 Å². The lowest BCUT2D eigenvalue weighted by Crippen LogP contribution is -2.44. The number of nitrogens with one attached hydrogen (secondary N) is 1. The quantitative estimate of drug-likeness (QED) is 0.451. The molecular formula is C23H26N4O5S2. The van der Waals surface area contributed by atoms with Gasteiger partial charge in [-0.15, -0.1) is 22.7 Å². The van der Waals surface area contributed by atoms with Gasteiger partial charge in [-0.3, -0.25) is 9.69 Å². The van der Waals surface area contributed by atoms with Gasteiger partial charge < -0.3 is 20.3 Å². The zero-order valence-electron chi connectivity index (χ0n) is 18.8. The van der Waals surface area contributed by atoms with Gasteiger partial charge in [0.1, 0.15) is 11.0 Å². The number of carbonyl (C=O) groups is 2. The van der Waals surface area contributed by atoms with Crippen LogP contribution in [0.4, 0.5) is 9.93 Å². The number of aliphatic hydroxyl groups excluding tert-OH is 2. The van der Waals surface area contributed by atoms with E-state index < -0.39 is 12.1 Å². The van der Waals surface area contributed by atoms with E-state index in [1.807, 2.05) is 30.3 Å². The van der Waals surface area contributed by atoms with E-state index >= 15 is 0 Å². The number of hydrogen-bond donors (Lipinski definition) is 3. The summed E-state index contributed by atoms with van der Waals surface area (Å²) in [6, 6.07) is 9.12. The van der Waals surface area contributed by atoms with E-state index in [0.29, 0.717) is 39.4 Å². The van der Waals surface area contributed by atoms with Crippen LogP contribution in [0.15, 0.2) is 35.7 Å². The molecule has 180 valence electrons. The van der Waals surface area contributed by atoms with Crippen LogP contribution in [-0.4, -0.2) is 55.8 Å². The fourth-order valence-electron chi connectivity index (χ4n) is 3.92. The molecule has 0 spiro atoms. The lowest BCUT2D eigenvalue weighted by atomic mass is 9.96. The third-order valence-corrected chi connectivity index (χ3v) is 7.30. The minimum Gasteiger partial charge on any atom is -0.447 e. The summed E-state index contributed by atoms with van der Waals surface area (Å²) in [6.45, 7) is 3.44. The molecule has 2 amide bonds. The first-order valence-electron chi connectivity index (χ1n) is 10.9. The number of rotatable bonds is 7. The minimum absolute atomic E-state index is 0.0183. The van der Waals surface area contributed by atoms with Crippen molar-refractivity contribution < 1.29 is 24.5 Å². The Bertz CT molecular complexity index is 1150. The molecule has 1 aliphatic heterocycles. The Labute approximate surface area is 205 Å². The standard InChI is InChI=1S/C23H26N4O5S2/c1-13(2)32-23(31)27-9-15(14-6-4-3-5-7-14)8-18(27)21(30)26-22-25-17(12-33-22)20-16(10-28)24-19(11-29)34-20/h3-7,12-13,15,18,28-29H,8-11H2,1-2H3,(H,25,26,30)/t15-,18+/m1/s1. The van der Waals surface area contributed by atoms with Crippen LogP contribution in [0.3, 0.4) is 0 Å². The third-order valence-electron chi connectivity index (χ3n) is 5.44. The van der Waals surface area contributed by atoms with Gasteiger partial charge in [-0.1, -0.05) is 30.3 Å². The zero-order chi connectivity index (χ0) is 24.2. The monoisotopic (exact) mass is 502 g/mol. The summed E-state index contributed by atoms with van der Waals surface area (Å²) in [5.41, 5.74) is 2.06. The van der Waals surface area contributed by atoms with Gasteiger partial charge in [0.05, 0.1) is 35.6 Å². The summed E-state index contributed by atoms with van der Waals surface area (Å²) in [6.07, 6.45) is -0.329. The van der Waals surface area contributed by atoms with Crippen LogP contribution in [0, 0.1) is 0 Å². The Hall–Kier alpha value is -2.86. The number of ether oxygens (including phenoxy) is 1. The number of carbonyl (C=O) groups excluding carboxylic acids is 2. The maximum absolute atomic E-state index is 13.2. The van der Waals surface area contributed by atoms with E-state index in [2.05, 4.69) is 15.3 Å². The Morgan fingerprint density at radius 3 is 2.65 bits per heavy atom. The van der Waals surface area contributed by atoms with Gasteiger partial charge in [0.15, 0.2) is 5.13 Å². The van der Waals surface area contributed by atoms with Crippen molar-refractivity contribution >= 4 is 39.8 Å². The van der Waals surface area contributed by atoms with Crippen LogP contribution in [0.1, 0.15) is 42.5 Å². The summed E-state index contributed by atoms with van der Waals surface area (Å²) in [5, 5.41) is 24.4. The van der Waals surface area contributed by atoms with E-state index in [1.165, 1.54) is 27.6 Å². The number of benzene rings is 1. The van der Waals surface area contributed by atoms with Crippen LogP contribution >= 0.6 is 22.7 Å². The zero-order valence-corrected chi connectivity index (χ0v) is 20.4. The number of thiazole rings is 2. The molecule has 1 fully saturated rings. The van der Waals surface area contributed by atoms with E-state index in [0.717, 1.165) is 5.56 Å². The molecule has 0 bridgehead atoms. The van der Waals surface area contributed by atoms with Crippen molar-refractivity contribution in [2.75, 3.05) is 11.9 Å². The van der Waals surface area contributed by atoms with Gasteiger partial charge in [-0.05, 0) is 25.8 Å². The number of aromatic nitrogens is 2. The van der Waals surface area contributed by atoms with Crippen LogP contribution in [-0.2, 0) is 22.7 Å². The highest BCUT2D eigenvalue weighted by Crippen LogP contribution is 2.35. The lowest BCUT2D eigenvalue weighted by molar-refractivity contribution is -0.120. The van der Waals surface area contributed by atoms with E-state index in [1.54, 1.807) is 19.2 Å². The molecule has 0 radical (unpaired) electrons. The molecule has 0 saturated carbocycles. The second kappa shape index (κ2) is 10.6. The number of nitrogens with zero attached hydrogens (tertiary/aromatic N) is 3. The molecule has 3 N–H and O–H groups in total. The van der Waals surface area contributed by atoms with E-state index in [4.69, 9.17) is 4.74 Å². The Morgan fingerprint density at radius 2 is 1.97 bits per heavy atom. The fourth-order valence-corrected chi connectivity index (χ4v) is 5.59. The van der Waals surface area contributed by atoms with Crippen molar-refractivity contribution in [3.63, 3.8) is 0 Å². The van der Waals surface area contributed by atoms with E-state index in [-0.39, 0.29) is 31.1 Å². The molecule has 9 nitrogen and oxygen atoms in total. The predicted octanol–water partition coefficient (Wildman–Crippen LogP) is 3.59. The summed E-state index contributed by atoms with van der Waals surface area (Å²) >= 11 is 2.49. The van der Waals surface area contributed by atoms with Gasteiger partial charge >= 0.3 is 6.09 Å². The third kappa shape index (κ3) is 5.27. The Kier molecular flexibility index (Phi) is 7.57. The van der Waals surface area contributed by atoms with Crippen LogP contribution in [0.25, 0.3) is 10.6 Å². The number of hydrogen-bond acceptors (Lipinski definition) is 9. The van der Waals surface area contributed by atoms with Crippen LogP contribution in [0.2, 0.25) is 0 Å². The highest BCUT2D eigenvalue weighted by molar-refractivity contribution is 7.17. The number of amides is 2. The summed E-state index contributed by atoms with van der Waals surface area (Å²) in [7, 11) is 0. The molecule has 2 atom stereocenters. The van der Waals surface area contributed by atoms with Crippen molar-refractivity contribution in [3.8, 4) is 10.6 Å². The molecule has 1 saturated heterocycles. The maximum atomic E-state index is 13.2. The highest BCUT2D eigenvalue weighted by atomic mass is 32.1. The van der Waals surface area contributed by atoms with E-state index in [9.17, 15) is 19.8 Å². The molecule has 3 aromatic rings. The average Bonchev–Trinajstić information content (AvgIpc) is 3.56. The van der Waals surface area contributed by atoms with Crippen LogP contribution in [0.5, 0.6) is 0 Å². The average molecular weight is 503 g/mol. The van der Waals surface area contributed by atoms with Crippen molar-refractivity contribution in [1.82, 2.24) is 14.9 Å². The summed E-state index contributed by atoms with van der Waals surface area (Å²) < 4.78 is 5.39. The topological polar surface area (TPSA) is 125 Å². The SMILES string of the molecule is CC(C)OC(=O)N1C[C@H](c2ccccc2)C[C@H]1C(=O)Nc1nc(-c2sc(CO)nc2CO)cs1. The molecule has 1 aromatic carbocycles. The normalized spacial score (nSPS) is 17.9. The van der Waals surface area contributed by atoms with Crippen molar-refractivity contribution in [1.29, 1.82) is 0 Å². The predicted molar refractivity (Wildman–Crippen MR) is 130 cm³/mol. The second-order valence-electron chi connectivity index (χ2n) is 8.17. The minimum atomic E-state index is -0.693. The largest absolute Gasteiger partial charge is 0.447 e. The van der Waals surface area contributed by atoms with Crippen molar-refractivity contribution in [3.05, 3.63) is 52.0 Å².